The van der Waals surface area contributed by atoms with Crippen molar-refractivity contribution in [2.75, 3.05) is 6.54 Å². The van der Waals surface area contributed by atoms with E-state index in [1.165, 1.54) is 5.56 Å². The zero-order chi connectivity index (χ0) is 14.3. The van der Waals surface area contributed by atoms with Crippen LogP contribution in [0.4, 0.5) is 0 Å². The second-order valence-corrected chi connectivity index (χ2v) is 5.84. The SMILES string of the molecule is CCCNC(CC(C)C)c1ccccc1OC(C)C. The van der Waals surface area contributed by atoms with Crippen molar-refractivity contribution in [1.29, 1.82) is 0 Å². The van der Waals surface area contributed by atoms with E-state index in [-0.39, 0.29) is 6.10 Å². The van der Waals surface area contributed by atoms with Gasteiger partial charge in [-0.1, -0.05) is 39.0 Å². The van der Waals surface area contributed by atoms with Crippen molar-refractivity contribution in [1.82, 2.24) is 5.32 Å². The molecule has 0 saturated carbocycles. The van der Waals surface area contributed by atoms with Crippen LogP contribution < -0.4 is 10.1 Å². The highest BCUT2D eigenvalue weighted by atomic mass is 16.5. The van der Waals surface area contributed by atoms with Gasteiger partial charge in [0.2, 0.25) is 0 Å². The largest absolute Gasteiger partial charge is 0.491 e. The first-order chi connectivity index (χ1) is 9.04. The Labute approximate surface area is 118 Å². The smallest absolute Gasteiger partial charge is 0.124 e. The van der Waals surface area contributed by atoms with Crippen molar-refractivity contribution >= 4 is 0 Å². The van der Waals surface area contributed by atoms with Gasteiger partial charge in [0.1, 0.15) is 5.75 Å². The minimum absolute atomic E-state index is 0.215. The molecule has 0 amide bonds. The van der Waals surface area contributed by atoms with E-state index in [1.807, 2.05) is 6.07 Å². The van der Waals surface area contributed by atoms with Gasteiger partial charge in [0.05, 0.1) is 6.10 Å². The van der Waals surface area contributed by atoms with Gasteiger partial charge in [0.15, 0.2) is 0 Å². The lowest BCUT2D eigenvalue weighted by Crippen LogP contribution is -2.24. The molecule has 1 rings (SSSR count). The fourth-order valence-corrected chi connectivity index (χ4v) is 2.24. The van der Waals surface area contributed by atoms with Crippen LogP contribution in [0.15, 0.2) is 24.3 Å². The van der Waals surface area contributed by atoms with Gasteiger partial charge < -0.3 is 10.1 Å². The number of ether oxygens (including phenoxy) is 1. The van der Waals surface area contributed by atoms with Gasteiger partial charge in [-0.25, -0.2) is 0 Å². The predicted octanol–water partition coefficient (Wildman–Crippen LogP) is 4.56. The van der Waals surface area contributed by atoms with Crippen LogP contribution in [0.1, 0.15) is 59.1 Å². The van der Waals surface area contributed by atoms with Crippen molar-refractivity contribution in [3.05, 3.63) is 29.8 Å². The Morgan fingerprint density at radius 1 is 1.11 bits per heavy atom. The third-order valence-corrected chi connectivity index (χ3v) is 3.00. The van der Waals surface area contributed by atoms with E-state index in [2.05, 4.69) is 58.1 Å². The summed E-state index contributed by atoms with van der Waals surface area (Å²) in [7, 11) is 0. The molecule has 108 valence electrons. The number of para-hydroxylation sites is 1. The zero-order valence-corrected chi connectivity index (χ0v) is 13.1. The summed E-state index contributed by atoms with van der Waals surface area (Å²) < 4.78 is 5.95. The molecule has 0 fully saturated rings. The molecule has 1 aromatic rings. The van der Waals surface area contributed by atoms with Gasteiger partial charge in [-0.05, 0) is 45.2 Å². The highest BCUT2D eigenvalue weighted by Crippen LogP contribution is 2.30. The Kier molecular flexibility index (Phi) is 6.93. The van der Waals surface area contributed by atoms with Crippen LogP contribution in [0, 0.1) is 5.92 Å². The molecule has 0 aliphatic heterocycles. The average molecular weight is 263 g/mol. The van der Waals surface area contributed by atoms with Gasteiger partial charge in [-0.15, -0.1) is 0 Å². The Morgan fingerprint density at radius 2 is 1.79 bits per heavy atom. The number of hydrogen-bond donors (Lipinski definition) is 1. The third kappa shape index (κ3) is 5.65. The lowest BCUT2D eigenvalue weighted by atomic mass is 9.96. The molecule has 0 bridgehead atoms. The summed E-state index contributed by atoms with van der Waals surface area (Å²) in [5.41, 5.74) is 1.29. The molecule has 19 heavy (non-hydrogen) atoms. The molecule has 0 heterocycles. The van der Waals surface area contributed by atoms with Crippen LogP contribution in [0.3, 0.4) is 0 Å². The summed E-state index contributed by atoms with van der Waals surface area (Å²) in [6.07, 6.45) is 2.51. The molecule has 2 nitrogen and oxygen atoms in total. The minimum Gasteiger partial charge on any atom is -0.491 e. The highest BCUT2D eigenvalue weighted by Gasteiger charge is 2.17. The van der Waals surface area contributed by atoms with E-state index >= 15 is 0 Å². The normalized spacial score (nSPS) is 13.0. The summed E-state index contributed by atoms with van der Waals surface area (Å²) in [6.45, 7) is 11.9. The van der Waals surface area contributed by atoms with Crippen molar-refractivity contribution in [2.24, 2.45) is 5.92 Å². The topological polar surface area (TPSA) is 21.3 Å². The van der Waals surface area contributed by atoms with E-state index in [0.717, 1.165) is 25.1 Å². The Morgan fingerprint density at radius 3 is 2.37 bits per heavy atom. The molecule has 0 aliphatic rings. The summed E-state index contributed by atoms with van der Waals surface area (Å²) in [5.74, 6) is 1.69. The highest BCUT2D eigenvalue weighted by molar-refractivity contribution is 5.36. The fourth-order valence-electron chi connectivity index (χ4n) is 2.24. The maximum Gasteiger partial charge on any atom is 0.124 e. The average Bonchev–Trinajstić information content (AvgIpc) is 2.34. The molecule has 0 saturated heterocycles. The summed E-state index contributed by atoms with van der Waals surface area (Å²) in [6, 6.07) is 8.80. The van der Waals surface area contributed by atoms with Crippen molar-refractivity contribution in [2.45, 2.75) is 59.6 Å². The zero-order valence-electron chi connectivity index (χ0n) is 13.1. The summed E-state index contributed by atoms with van der Waals surface area (Å²) >= 11 is 0. The second kappa shape index (κ2) is 8.21. The van der Waals surface area contributed by atoms with Crippen LogP contribution in [0.5, 0.6) is 5.75 Å². The van der Waals surface area contributed by atoms with E-state index in [9.17, 15) is 0 Å². The van der Waals surface area contributed by atoms with Crippen LogP contribution in [-0.4, -0.2) is 12.6 Å². The van der Waals surface area contributed by atoms with Crippen LogP contribution in [-0.2, 0) is 0 Å². The Balaban J connectivity index is 2.92. The minimum atomic E-state index is 0.215. The molecule has 0 spiro atoms. The second-order valence-electron chi connectivity index (χ2n) is 5.84. The first-order valence-corrected chi connectivity index (χ1v) is 7.53. The molecule has 1 N–H and O–H groups in total. The van der Waals surface area contributed by atoms with Crippen LogP contribution in [0.25, 0.3) is 0 Å². The van der Waals surface area contributed by atoms with E-state index in [1.54, 1.807) is 0 Å². The van der Waals surface area contributed by atoms with Crippen LogP contribution in [0.2, 0.25) is 0 Å². The van der Waals surface area contributed by atoms with Gasteiger partial charge in [0, 0.05) is 11.6 Å². The fraction of sp³-hybridized carbons (Fsp3) is 0.647. The van der Waals surface area contributed by atoms with Crippen molar-refractivity contribution in [3.63, 3.8) is 0 Å². The van der Waals surface area contributed by atoms with E-state index < -0.39 is 0 Å². The molecular weight excluding hydrogens is 234 g/mol. The van der Waals surface area contributed by atoms with Crippen molar-refractivity contribution < 1.29 is 4.74 Å². The molecular formula is C17H29NO. The molecule has 1 unspecified atom stereocenters. The Bertz CT molecular complexity index is 360. The first kappa shape index (κ1) is 16.0. The molecule has 2 heteroatoms. The van der Waals surface area contributed by atoms with Gasteiger partial charge in [-0.2, -0.15) is 0 Å². The van der Waals surface area contributed by atoms with Gasteiger partial charge >= 0.3 is 0 Å². The molecule has 0 radical (unpaired) electrons. The monoisotopic (exact) mass is 263 g/mol. The number of nitrogens with one attached hydrogen (secondary N) is 1. The summed E-state index contributed by atoms with van der Waals surface area (Å²) in [5, 5.41) is 3.65. The lowest BCUT2D eigenvalue weighted by Gasteiger charge is -2.24. The third-order valence-electron chi connectivity index (χ3n) is 3.00. The van der Waals surface area contributed by atoms with Crippen LogP contribution >= 0.6 is 0 Å². The number of hydrogen-bond acceptors (Lipinski definition) is 2. The van der Waals surface area contributed by atoms with Crippen molar-refractivity contribution in [3.8, 4) is 5.75 Å². The standard InChI is InChI=1S/C17H29NO/c1-6-11-18-16(12-13(2)3)15-9-7-8-10-17(15)19-14(4)5/h7-10,13-14,16,18H,6,11-12H2,1-5H3. The predicted molar refractivity (Wildman–Crippen MR) is 82.7 cm³/mol. The quantitative estimate of drug-likeness (QED) is 0.742. The first-order valence-electron chi connectivity index (χ1n) is 7.53. The molecule has 0 aliphatic carbocycles. The maximum atomic E-state index is 5.95. The van der Waals surface area contributed by atoms with E-state index in [4.69, 9.17) is 4.74 Å². The molecule has 1 aromatic carbocycles. The van der Waals surface area contributed by atoms with E-state index in [0.29, 0.717) is 12.0 Å². The number of rotatable bonds is 8. The maximum absolute atomic E-state index is 5.95. The van der Waals surface area contributed by atoms with Gasteiger partial charge in [0.25, 0.3) is 0 Å². The molecule has 0 aromatic heterocycles. The summed E-state index contributed by atoms with van der Waals surface area (Å²) in [4.78, 5) is 0. The number of benzene rings is 1. The lowest BCUT2D eigenvalue weighted by molar-refractivity contribution is 0.236. The van der Waals surface area contributed by atoms with Gasteiger partial charge in [-0.3, -0.25) is 0 Å². The Hall–Kier alpha value is -1.02. The molecule has 1 atom stereocenters.